The van der Waals surface area contributed by atoms with Gasteiger partial charge in [0.1, 0.15) is 11.4 Å². The van der Waals surface area contributed by atoms with Gasteiger partial charge in [-0.2, -0.15) is 0 Å². The van der Waals surface area contributed by atoms with Crippen LogP contribution in [0, 0.1) is 5.41 Å². The van der Waals surface area contributed by atoms with E-state index in [9.17, 15) is 0 Å². The van der Waals surface area contributed by atoms with Gasteiger partial charge in [-0.3, -0.25) is 4.90 Å². The molecule has 0 saturated carbocycles. The Morgan fingerprint density at radius 2 is 1.35 bits per heavy atom. The lowest BCUT2D eigenvalue weighted by atomic mass is 9.54. The average molecular weight is 412 g/mol. The van der Waals surface area contributed by atoms with Gasteiger partial charge in [0.05, 0.1) is 12.0 Å². The first kappa shape index (κ1) is 20.3. The van der Waals surface area contributed by atoms with Crippen LogP contribution < -0.4 is 9.38 Å². The highest BCUT2D eigenvalue weighted by Gasteiger charge is 2.68. The lowest BCUT2D eigenvalue weighted by Crippen LogP contribution is -2.70. The van der Waals surface area contributed by atoms with Gasteiger partial charge in [0, 0.05) is 22.7 Å². The fourth-order valence-electron chi connectivity index (χ4n) is 6.93. The van der Waals surface area contributed by atoms with Crippen LogP contribution in [0.5, 0.6) is 0 Å². The van der Waals surface area contributed by atoms with E-state index < -0.39 is 0 Å². The summed E-state index contributed by atoms with van der Waals surface area (Å²) in [6.07, 6.45) is 2.57. The summed E-state index contributed by atoms with van der Waals surface area (Å²) in [5, 5.41) is 0. The highest BCUT2D eigenvalue weighted by Crippen LogP contribution is 2.67. The molecule has 4 unspecified atom stereocenters. The Morgan fingerprint density at radius 3 is 2.00 bits per heavy atom. The van der Waals surface area contributed by atoms with E-state index in [0.29, 0.717) is 6.17 Å². The van der Waals surface area contributed by atoms with Crippen LogP contribution in [0.4, 0.5) is 22.7 Å². The largest absolute Gasteiger partial charge is 0.285 e. The molecule has 4 atom stereocenters. The SMILES string of the molecule is CCC1(C)c2ccccc2[N+]2(CC)c3ccccc3N(c3ccccc3)C2C1(C)CC. The van der Waals surface area contributed by atoms with Crippen LogP contribution in [0.1, 0.15) is 53.0 Å². The minimum Gasteiger partial charge on any atom is -0.285 e. The summed E-state index contributed by atoms with van der Waals surface area (Å²) in [5.41, 5.74) is 7.28. The molecule has 0 fully saturated rings. The van der Waals surface area contributed by atoms with Crippen molar-refractivity contribution in [3.8, 4) is 0 Å². The van der Waals surface area contributed by atoms with Crippen LogP contribution in [0.25, 0.3) is 0 Å². The molecule has 0 saturated heterocycles. The maximum Gasteiger partial charge on any atom is 0.185 e. The molecule has 0 amide bonds. The zero-order valence-corrected chi connectivity index (χ0v) is 19.6. The molecule has 0 radical (unpaired) electrons. The second-order valence-electron chi connectivity index (χ2n) is 9.73. The molecule has 3 aromatic carbocycles. The standard InChI is InChI=1S/C29H35N2/c1-6-28(4)23-18-12-14-20-25(23)31(8-3)26-21-15-13-19-24(26)30(22-16-10-9-11-17-22)27(31)29(28,5)7-2/h9-21,27H,6-8H2,1-5H3/q+1. The maximum atomic E-state index is 2.67. The van der Waals surface area contributed by atoms with E-state index in [0.717, 1.165) is 23.9 Å². The second kappa shape index (κ2) is 6.97. The Hall–Kier alpha value is -2.58. The van der Waals surface area contributed by atoms with Gasteiger partial charge in [0.25, 0.3) is 0 Å². The second-order valence-corrected chi connectivity index (χ2v) is 9.73. The summed E-state index contributed by atoms with van der Waals surface area (Å²) in [4.78, 5) is 2.67. The Kier molecular flexibility index (Phi) is 4.57. The zero-order chi connectivity index (χ0) is 21.9. The number of hydrogen-bond acceptors (Lipinski definition) is 1. The van der Waals surface area contributed by atoms with Crippen molar-refractivity contribution in [1.82, 2.24) is 4.48 Å². The third-order valence-electron chi connectivity index (χ3n) is 8.97. The van der Waals surface area contributed by atoms with E-state index >= 15 is 0 Å². The van der Waals surface area contributed by atoms with Crippen molar-refractivity contribution in [3.05, 3.63) is 84.4 Å². The number of para-hydroxylation sites is 4. The van der Waals surface area contributed by atoms with Crippen molar-refractivity contribution < 1.29 is 0 Å². The molecule has 0 aromatic heterocycles. The number of nitrogens with zero attached hydrogens (tertiary/aromatic N) is 2. The monoisotopic (exact) mass is 411 g/mol. The molecule has 0 bridgehead atoms. The molecule has 2 nitrogen and oxygen atoms in total. The Bertz CT molecular complexity index is 1110. The number of quaternary nitrogens is 1. The number of fused-ring (bicyclic) bond motifs is 5. The van der Waals surface area contributed by atoms with Crippen molar-refractivity contribution in [2.24, 2.45) is 5.41 Å². The number of hydrogen-bond donors (Lipinski definition) is 0. The van der Waals surface area contributed by atoms with Crippen molar-refractivity contribution in [3.63, 3.8) is 0 Å². The molecule has 0 N–H and O–H groups in total. The van der Waals surface area contributed by atoms with Crippen LogP contribution in [0.15, 0.2) is 78.9 Å². The molecule has 2 aliphatic rings. The van der Waals surface area contributed by atoms with Crippen LogP contribution in [-0.2, 0) is 5.41 Å². The van der Waals surface area contributed by atoms with Gasteiger partial charge < -0.3 is 0 Å². The summed E-state index contributed by atoms with van der Waals surface area (Å²) >= 11 is 0. The molecule has 2 heteroatoms. The summed E-state index contributed by atoms with van der Waals surface area (Å²) in [6.45, 7) is 13.3. The van der Waals surface area contributed by atoms with Gasteiger partial charge in [-0.05, 0) is 44.0 Å². The van der Waals surface area contributed by atoms with Gasteiger partial charge >= 0.3 is 0 Å². The van der Waals surface area contributed by atoms with Crippen LogP contribution in [0.3, 0.4) is 0 Å². The molecule has 31 heavy (non-hydrogen) atoms. The van der Waals surface area contributed by atoms with E-state index in [2.05, 4.69) is 118 Å². The fraction of sp³-hybridized carbons (Fsp3) is 0.379. The summed E-state index contributed by atoms with van der Waals surface area (Å²) < 4.78 is 0.904. The highest BCUT2D eigenvalue weighted by atomic mass is 15.6. The van der Waals surface area contributed by atoms with E-state index in [4.69, 9.17) is 0 Å². The van der Waals surface area contributed by atoms with Crippen molar-refractivity contribution in [2.75, 3.05) is 11.4 Å². The smallest absolute Gasteiger partial charge is 0.185 e. The lowest BCUT2D eigenvalue weighted by molar-refractivity contribution is 0.0277. The average Bonchev–Trinajstić information content (AvgIpc) is 3.15. The minimum atomic E-state index is 0.0843. The third-order valence-corrected chi connectivity index (χ3v) is 8.97. The van der Waals surface area contributed by atoms with Crippen LogP contribution in [-0.4, -0.2) is 12.7 Å². The third kappa shape index (κ3) is 2.32. The highest BCUT2D eigenvalue weighted by molar-refractivity contribution is 5.87. The van der Waals surface area contributed by atoms with Crippen molar-refractivity contribution in [2.45, 2.75) is 59.0 Å². The Labute approximate surface area is 187 Å². The van der Waals surface area contributed by atoms with Crippen LogP contribution in [0.2, 0.25) is 0 Å². The molecule has 2 aliphatic heterocycles. The molecule has 5 rings (SSSR count). The molecule has 160 valence electrons. The maximum absolute atomic E-state index is 2.67. The fourth-order valence-corrected chi connectivity index (χ4v) is 6.93. The van der Waals surface area contributed by atoms with Gasteiger partial charge in [-0.15, -0.1) is 0 Å². The van der Waals surface area contributed by atoms with Gasteiger partial charge in [0.15, 0.2) is 11.9 Å². The quantitative estimate of drug-likeness (QED) is 0.394. The molecule has 0 aliphatic carbocycles. The zero-order valence-electron chi connectivity index (χ0n) is 19.6. The van der Waals surface area contributed by atoms with Gasteiger partial charge in [-0.25, -0.2) is 4.48 Å². The first-order valence-corrected chi connectivity index (χ1v) is 11.9. The van der Waals surface area contributed by atoms with E-state index in [1.807, 2.05) is 0 Å². The lowest BCUT2D eigenvalue weighted by Gasteiger charge is -2.60. The van der Waals surface area contributed by atoms with Crippen molar-refractivity contribution >= 4 is 22.7 Å². The number of benzene rings is 3. The molecular formula is C29H35N2+. The van der Waals surface area contributed by atoms with E-state index in [1.54, 1.807) is 0 Å². The van der Waals surface area contributed by atoms with Gasteiger partial charge in [-0.1, -0.05) is 76.2 Å². The molecule has 3 aromatic rings. The van der Waals surface area contributed by atoms with E-state index in [-0.39, 0.29) is 10.8 Å². The predicted molar refractivity (Wildman–Crippen MR) is 133 cm³/mol. The van der Waals surface area contributed by atoms with Crippen LogP contribution >= 0.6 is 0 Å². The first-order chi connectivity index (χ1) is 15.0. The van der Waals surface area contributed by atoms with Gasteiger partial charge in [0.2, 0.25) is 0 Å². The van der Waals surface area contributed by atoms with Crippen molar-refractivity contribution in [1.29, 1.82) is 0 Å². The molecular weight excluding hydrogens is 376 g/mol. The molecule has 0 spiro atoms. The molecule has 2 heterocycles. The Balaban J connectivity index is 1.94. The van der Waals surface area contributed by atoms with E-state index in [1.165, 1.54) is 28.3 Å². The summed E-state index contributed by atoms with van der Waals surface area (Å²) in [6, 6.07) is 29.5. The number of rotatable bonds is 4. The number of anilines is 2. The minimum absolute atomic E-state index is 0.0843. The Morgan fingerprint density at radius 1 is 0.742 bits per heavy atom. The first-order valence-electron chi connectivity index (χ1n) is 11.9. The summed E-state index contributed by atoms with van der Waals surface area (Å²) in [5.74, 6) is 0. The topological polar surface area (TPSA) is 3.24 Å². The normalized spacial score (nSPS) is 31.1. The predicted octanol–water partition coefficient (Wildman–Crippen LogP) is 7.92. The summed E-state index contributed by atoms with van der Waals surface area (Å²) in [7, 11) is 0.